The van der Waals surface area contributed by atoms with Crippen molar-refractivity contribution in [2.45, 2.75) is 43.9 Å². The number of hydrogen-bond donors (Lipinski definition) is 1. The van der Waals surface area contributed by atoms with E-state index in [9.17, 15) is 17.2 Å². The van der Waals surface area contributed by atoms with E-state index in [0.717, 1.165) is 60.7 Å². The van der Waals surface area contributed by atoms with Crippen LogP contribution in [0, 0.1) is 11.6 Å². The van der Waals surface area contributed by atoms with Crippen molar-refractivity contribution in [2.24, 2.45) is 7.05 Å². The third-order valence-electron chi connectivity index (χ3n) is 6.81. The first kappa shape index (κ1) is 26.1. The molecule has 200 valence electrons. The second-order valence-corrected chi connectivity index (χ2v) is 11.3. The van der Waals surface area contributed by atoms with E-state index in [-0.39, 0.29) is 17.5 Å². The zero-order valence-corrected chi connectivity index (χ0v) is 22.0. The highest BCUT2D eigenvalue weighted by molar-refractivity contribution is 7.88. The van der Waals surface area contributed by atoms with Gasteiger partial charge in [0.1, 0.15) is 17.1 Å². The van der Waals surface area contributed by atoms with Crippen molar-refractivity contribution in [3.63, 3.8) is 0 Å². The Morgan fingerprint density at radius 1 is 1.03 bits per heavy atom. The summed E-state index contributed by atoms with van der Waals surface area (Å²) < 4.78 is 70.0. The highest BCUT2D eigenvalue weighted by Crippen LogP contribution is 2.41. The number of nitrogens with zero attached hydrogens (tertiary/aromatic N) is 2. The molecule has 38 heavy (non-hydrogen) atoms. The predicted octanol–water partition coefficient (Wildman–Crippen LogP) is 6.07. The molecule has 1 saturated carbocycles. The minimum Gasteiger partial charge on any atom is -0.479 e. The van der Waals surface area contributed by atoms with Crippen LogP contribution in [0.4, 0.5) is 8.78 Å². The molecule has 7 nitrogen and oxygen atoms in total. The van der Waals surface area contributed by atoms with Crippen molar-refractivity contribution in [1.82, 2.24) is 14.3 Å². The fraction of sp³-hybridized carbons (Fsp3) is 0.321. The van der Waals surface area contributed by atoms with E-state index in [0.29, 0.717) is 22.8 Å². The second-order valence-electron chi connectivity index (χ2n) is 9.59. The number of aromatic nitrogens is 2. The average Bonchev–Trinajstić information content (AvgIpc) is 3.23. The van der Waals surface area contributed by atoms with Crippen molar-refractivity contribution in [2.75, 3.05) is 7.11 Å². The summed E-state index contributed by atoms with van der Waals surface area (Å²) in [6, 6.07) is 9.86. The minimum atomic E-state index is -3.59. The largest absolute Gasteiger partial charge is 0.479 e. The van der Waals surface area contributed by atoms with Crippen LogP contribution in [0.15, 0.2) is 54.9 Å². The number of aryl methyl sites for hydroxylation is 1. The number of nitrogens with one attached hydrogen (secondary N) is 1. The quantitative estimate of drug-likeness (QED) is 0.293. The Balaban J connectivity index is 1.57. The summed E-state index contributed by atoms with van der Waals surface area (Å²) in [5.41, 5.74) is 2.56. The summed E-state index contributed by atoms with van der Waals surface area (Å²) in [6.07, 6.45) is 8.32. The fourth-order valence-electron chi connectivity index (χ4n) is 5.06. The number of rotatable bonds is 8. The molecule has 10 heteroatoms. The first-order chi connectivity index (χ1) is 18.2. The molecule has 1 aliphatic rings. The molecular weight excluding hydrogens is 512 g/mol. The zero-order chi connectivity index (χ0) is 26.9. The van der Waals surface area contributed by atoms with E-state index in [1.165, 1.54) is 13.2 Å². The zero-order valence-electron chi connectivity index (χ0n) is 21.2. The third kappa shape index (κ3) is 5.51. The van der Waals surface area contributed by atoms with E-state index in [4.69, 9.17) is 9.47 Å². The molecule has 2 aromatic heterocycles. The number of pyridine rings is 1. The van der Waals surface area contributed by atoms with Crippen molar-refractivity contribution in [1.29, 1.82) is 0 Å². The molecule has 0 bridgehead atoms. The highest BCUT2D eigenvalue weighted by Gasteiger charge is 2.23. The van der Waals surface area contributed by atoms with Crippen LogP contribution in [0.25, 0.3) is 22.0 Å². The smallest absolute Gasteiger partial charge is 0.238 e. The molecule has 0 saturated heterocycles. The molecule has 1 aliphatic carbocycles. The summed E-state index contributed by atoms with van der Waals surface area (Å²) in [5, 5.41) is 0.795. The van der Waals surface area contributed by atoms with Gasteiger partial charge >= 0.3 is 0 Å². The van der Waals surface area contributed by atoms with E-state index in [1.54, 1.807) is 24.4 Å². The van der Waals surface area contributed by atoms with Gasteiger partial charge in [-0.3, -0.25) is 0 Å². The number of hydrogen-bond acceptors (Lipinski definition) is 5. The maximum absolute atomic E-state index is 14.5. The Labute approximate surface area is 220 Å². The van der Waals surface area contributed by atoms with E-state index >= 15 is 0 Å². The van der Waals surface area contributed by atoms with Gasteiger partial charge in [0.15, 0.2) is 11.6 Å². The highest BCUT2D eigenvalue weighted by atomic mass is 32.2. The Hall–Kier alpha value is -3.50. The standard InChI is InChI=1S/C28H29F2N3O4S/c1-33-16-23(21-12-13-31-28(36-2)27(21)33)22-14-18(17-38(34,35)32-20-6-4-3-5-7-20)8-10-25(22)37-26-11-9-19(29)15-24(26)30/h8-16,20,32H,3-7,17H2,1-2H3. The molecule has 0 unspecified atom stereocenters. The van der Waals surface area contributed by atoms with Gasteiger partial charge in [0, 0.05) is 48.1 Å². The van der Waals surface area contributed by atoms with Gasteiger partial charge in [0.2, 0.25) is 15.9 Å². The molecule has 5 rings (SSSR count). The molecule has 1 N–H and O–H groups in total. The Morgan fingerprint density at radius 3 is 2.53 bits per heavy atom. The Kier molecular flexibility index (Phi) is 7.36. The van der Waals surface area contributed by atoms with Crippen LogP contribution >= 0.6 is 0 Å². The molecule has 2 aromatic carbocycles. The topological polar surface area (TPSA) is 82.4 Å². The summed E-state index contributed by atoms with van der Waals surface area (Å²) in [4.78, 5) is 4.28. The van der Waals surface area contributed by atoms with Crippen LogP contribution in [-0.2, 0) is 22.8 Å². The van der Waals surface area contributed by atoms with Gasteiger partial charge in [-0.25, -0.2) is 26.9 Å². The summed E-state index contributed by atoms with van der Waals surface area (Å²) >= 11 is 0. The SMILES string of the molecule is COc1nccc2c(-c3cc(CS(=O)(=O)NC4CCCCC4)ccc3Oc3ccc(F)cc3F)cn(C)c12. The van der Waals surface area contributed by atoms with E-state index < -0.39 is 21.7 Å². The van der Waals surface area contributed by atoms with Crippen LogP contribution in [0.5, 0.6) is 17.4 Å². The molecule has 0 aliphatic heterocycles. The molecule has 0 radical (unpaired) electrons. The lowest BCUT2D eigenvalue weighted by molar-refractivity contribution is 0.401. The lowest BCUT2D eigenvalue weighted by Crippen LogP contribution is -2.36. The molecule has 4 aromatic rings. The van der Waals surface area contributed by atoms with Crippen LogP contribution < -0.4 is 14.2 Å². The van der Waals surface area contributed by atoms with Crippen LogP contribution in [-0.4, -0.2) is 31.1 Å². The molecule has 0 atom stereocenters. The van der Waals surface area contributed by atoms with Crippen LogP contribution in [0.2, 0.25) is 0 Å². The molecule has 1 fully saturated rings. The number of benzene rings is 2. The van der Waals surface area contributed by atoms with Crippen molar-refractivity contribution < 1.29 is 26.7 Å². The van der Waals surface area contributed by atoms with Gasteiger partial charge < -0.3 is 14.0 Å². The van der Waals surface area contributed by atoms with Gasteiger partial charge in [-0.2, -0.15) is 0 Å². The lowest BCUT2D eigenvalue weighted by atomic mass is 9.96. The number of methoxy groups -OCH3 is 1. The second kappa shape index (κ2) is 10.7. The van der Waals surface area contributed by atoms with Gasteiger partial charge in [0.25, 0.3) is 0 Å². The Bertz CT molecular complexity index is 1580. The third-order valence-corrected chi connectivity index (χ3v) is 8.21. The summed E-state index contributed by atoms with van der Waals surface area (Å²) in [6.45, 7) is 0. The normalized spacial score (nSPS) is 14.6. The van der Waals surface area contributed by atoms with Crippen molar-refractivity contribution >= 4 is 20.9 Å². The predicted molar refractivity (Wildman–Crippen MR) is 142 cm³/mol. The van der Waals surface area contributed by atoms with Gasteiger partial charge in [-0.1, -0.05) is 25.3 Å². The Morgan fingerprint density at radius 2 is 1.79 bits per heavy atom. The molecule has 2 heterocycles. The van der Waals surface area contributed by atoms with Gasteiger partial charge in [-0.05, 0) is 48.7 Å². The lowest BCUT2D eigenvalue weighted by Gasteiger charge is -2.22. The molecule has 0 spiro atoms. The minimum absolute atomic E-state index is 0.0460. The van der Waals surface area contributed by atoms with Crippen molar-refractivity contribution in [3.8, 4) is 28.5 Å². The van der Waals surface area contributed by atoms with Crippen LogP contribution in [0.3, 0.4) is 0 Å². The van der Waals surface area contributed by atoms with E-state index in [2.05, 4.69) is 9.71 Å². The number of sulfonamides is 1. The average molecular weight is 542 g/mol. The summed E-state index contributed by atoms with van der Waals surface area (Å²) in [5.74, 6) is -1.19. The monoisotopic (exact) mass is 541 g/mol. The molecular formula is C28H29F2N3O4S. The van der Waals surface area contributed by atoms with E-state index in [1.807, 2.05) is 23.9 Å². The molecule has 0 amide bonds. The fourth-order valence-corrected chi connectivity index (χ4v) is 6.51. The van der Waals surface area contributed by atoms with Crippen LogP contribution in [0.1, 0.15) is 37.7 Å². The first-order valence-electron chi connectivity index (χ1n) is 12.5. The number of halogens is 2. The maximum Gasteiger partial charge on any atom is 0.238 e. The van der Waals surface area contributed by atoms with Gasteiger partial charge in [-0.15, -0.1) is 0 Å². The number of fused-ring (bicyclic) bond motifs is 1. The first-order valence-corrected chi connectivity index (χ1v) is 14.1. The maximum atomic E-state index is 14.5. The number of ether oxygens (including phenoxy) is 2. The van der Waals surface area contributed by atoms with Gasteiger partial charge in [0.05, 0.1) is 12.9 Å². The summed E-state index contributed by atoms with van der Waals surface area (Å²) in [7, 11) is -0.213. The van der Waals surface area contributed by atoms with Crippen molar-refractivity contribution in [3.05, 3.63) is 72.1 Å².